The fraction of sp³-hybridized carbons (Fsp3) is 0.304. The molecule has 1 fully saturated rings. The summed E-state index contributed by atoms with van der Waals surface area (Å²) in [6, 6.07) is 14.9. The second-order valence-electron chi connectivity index (χ2n) is 7.62. The molecule has 0 radical (unpaired) electrons. The Hall–Kier alpha value is -2.99. The van der Waals surface area contributed by atoms with E-state index in [0.717, 1.165) is 29.8 Å². The number of amides is 1. The number of carbonyl (C=O) groups is 1. The van der Waals surface area contributed by atoms with Gasteiger partial charge in [0, 0.05) is 32.4 Å². The van der Waals surface area contributed by atoms with Gasteiger partial charge in [-0.2, -0.15) is 0 Å². The molecule has 0 saturated carbocycles. The Morgan fingerprint density at radius 2 is 1.97 bits per heavy atom. The predicted octanol–water partition coefficient (Wildman–Crippen LogP) is 3.27. The van der Waals surface area contributed by atoms with Crippen molar-refractivity contribution in [2.75, 3.05) is 6.54 Å². The highest BCUT2D eigenvalue weighted by Crippen LogP contribution is 2.18. The highest BCUT2D eigenvalue weighted by molar-refractivity contribution is 5.83. The molecule has 1 amide bonds. The average Bonchev–Trinajstić information content (AvgIpc) is 3.27. The van der Waals surface area contributed by atoms with Crippen LogP contribution in [0.15, 0.2) is 61.1 Å². The third kappa shape index (κ3) is 4.71. The highest BCUT2D eigenvalue weighted by Gasteiger charge is 2.31. The van der Waals surface area contributed by atoms with E-state index in [-0.39, 0.29) is 17.8 Å². The molecule has 3 aromatic rings. The first-order valence-corrected chi connectivity index (χ1v) is 9.89. The number of aryl methyl sites for hydroxylation is 1. The first-order valence-electron chi connectivity index (χ1n) is 9.89. The Morgan fingerprint density at radius 1 is 1.14 bits per heavy atom. The summed E-state index contributed by atoms with van der Waals surface area (Å²) in [6.45, 7) is 4.32. The molecule has 0 spiro atoms. The van der Waals surface area contributed by atoms with Crippen molar-refractivity contribution in [1.82, 2.24) is 19.8 Å². The fourth-order valence-electron chi connectivity index (χ4n) is 3.85. The van der Waals surface area contributed by atoms with Gasteiger partial charge in [0.2, 0.25) is 5.91 Å². The summed E-state index contributed by atoms with van der Waals surface area (Å²) in [6.07, 6.45) is 4.40. The van der Waals surface area contributed by atoms with E-state index >= 15 is 0 Å². The lowest BCUT2D eigenvalue weighted by atomic mass is 10.1. The van der Waals surface area contributed by atoms with Crippen LogP contribution in [-0.2, 0) is 24.4 Å². The van der Waals surface area contributed by atoms with E-state index in [1.54, 1.807) is 4.90 Å². The van der Waals surface area contributed by atoms with Gasteiger partial charge in [0.05, 0.1) is 18.1 Å². The quantitative estimate of drug-likeness (QED) is 0.671. The van der Waals surface area contributed by atoms with Crippen LogP contribution in [0.25, 0.3) is 0 Å². The molecule has 2 aromatic carbocycles. The van der Waals surface area contributed by atoms with Gasteiger partial charge < -0.3 is 14.8 Å². The third-order valence-electron chi connectivity index (χ3n) is 5.30. The van der Waals surface area contributed by atoms with Gasteiger partial charge in [-0.05, 0) is 42.2 Å². The van der Waals surface area contributed by atoms with Crippen molar-refractivity contribution in [3.8, 4) is 0 Å². The topological polar surface area (TPSA) is 50.2 Å². The van der Waals surface area contributed by atoms with Crippen LogP contribution in [0.4, 0.5) is 4.39 Å². The Morgan fingerprint density at radius 3 is 2.76 bits per heavy atom. The van der Waals surface area contributed by atoms with Crippen LogP contribution in [0.2, 0.25) is 0 Å². The molecule has 0 unspecified atom stereocenters. The molecule has 1 saturated heterocycles. The van der Waals surface area contributed by atoms with E-state index in [1.165, 1.54) is 17.7 Å². The van der Waals surface area contributed by atoms with Crippen molar-refractivity contribution < 1.29 is 9.18 Å². The van der Waals surface area contributed by atoms with Crippen LogP contribution >= 0.6 is 0 Å². The van der Waals surface area contributed by atoms with Crippen LogP contribution in [0.3, 0.4) is 0 Å². The van der Waals surface area contributed by atoms with Crippen LogP contribution in [0.1, 0.15) is 28.8 Å². The number of likely N-dealkylation sites (tertiary alicyclic amines) is 1. The molecule has 1 aliphatic heterocycles. The van der Waals surface area contributed by atoms with Crippen molar-refractivity contribution >= 4 is 5.91 Å². The standard InChI is InChI=1S/C23H25FN4O/c1-17-9-19(11-20(24)10-17)15-27-8-7-22(23(27)29)26-13-21-12-25-16-28(21)14-18-5-3-2-4-6-18/h2-6,9-12,16,22,26H,7-8,13-15H2,1H3/t22-/m0/s1. The van der Waals surface area contributed by atoms with Gasteiger partial charge >= 0.3 is 0 Å². The number of benzene rings is 2. The fourth-order valence-corrected chi connectivity index (χ4v) is 3.85. The molecule has 5 nitrogen and oxygen atoms in total. The van der Waals surface area contributed by atoms with Crippen molar-refractivity contribution in [2.24, 2.45) is 0 Å². The maximum atomic E-state index is 13.6. The predicted molar refractivity (Wildman–Crippen MR) is 110 cm³/mol. The van der Waals surface area contributed by atoms with Gasteiger partial charge in [-0.25, -0.2) is 9.37 Å². The lowest BCUT2D eigenvalue weighted by Gasteiger charge is -2.18. The average molecular weight is 392 g/mol. The highest BCUT2D eigenvalue weighted by atomic mass is 19.1. The first kappa shape index (κ1) is 19.3. The van der Waals surface area contributed by atoms with E-state index in [4.69, 9.17) is 0 Å². The van der Waals surface area contributed by atoms with Gasteiger partial charge in [-0.15, -0.1) is 0 Å². The SMILES string of the molecule is Cc1cc(F)cc(CN2CC[C@H](NCc3cncn3Cc3ccccc3)C2=O)c1. The molecule has 0 bridgehead atoms. The summed E-state index contributed by atoms with van der Waals surface area (Å²) in [7, 11) is 0. The zero-order valence-corrected chi connectivity index (χ0v) is 16.5. The lowest BCUT2D eigenvalue weighted by Crippen LogP contribution is -2.38. The molecule has 150 valence electrons. The van der Waals surface area contributed by atoms with Crippen LogP contribution in [-0.4, -0.2) is 32.9 Å². The van der Waals surface area contributed by atoms with Crippen molar-refractivity contribution in [1.29, 1.82) is 0 Å². The van der Waals surface area contributed by atoms with Crippen LogP contribution < -0.4 is 5.32 Å². The van der Waals surface area contributed by atoms with Crippen molar-refractivity contribution in [3.05, 3.63) is 89.3 Å². The molecule has 4 rings (SSSR count). The van der Waals surface area contributed by atoms with Gasteiger partial charge in [0.25, 0.3) is 0 Å². The summed E-state index contributed by atoms with van der Waals surface area (Å²) in [5.41, 5.74) is 3.95. The van der Waals surface area contributed by atoms with E-state index in [9.17, 15) is 9.18 Å². The van der Waals surface area contributed by atoms with Gasteiger partial charge in [-0.3, -0.25) is 4.79 Å². The second kappa shape index (κ2) is 8.57. The zero-order valence-electron chi connectivity index (χ0n) is 16.5. The molecule has 1 aliphatic rings. The van der Waals surface area contributed by atoms with E-state index in [0.29, 0.717) is 19.6 Å². The van der Waals surface area contributed by atoms with E-state index < -0.39 is 0 Å². The minimum absolute atomic E-state index is 0.0704. The first-order chi connectivity index (χ1) is 14.1. The Bertz CT molecular complexity index is 965. The maximum Gasteiger partial charge on any atom is 0.240 e. The number of imidazole rings is 1. The smallest absolute Gasteiger partial charge is 0.240 e. The number of nitrogens with zero attached hydrogens (tertiary/aromatic N) is 3. The summed E-state index contributed by atoms with van der Waals surface area (Å²) >= 11 is 0. The normalized spacial score (nSPS) is 16.6. The Balaban J connectivity index is 1.34. The Labute approximate surface area is 170 Å². The van der Waals surface area contributed by atoms with Gasteiger partial charge in [0.15, 0.2) is 0 Å². The third-order valence-corrected chi connectivity index (χ3v) is 5.30. The van der Waals surface area contributed by atoms with Gasteiger partial charge in [-0.1, -0.05) is 36.4 Å². The molecular weight excluding hydrogens is 367 g/mol. The number of halogens is 1. The number of nitrogens with one attached hydrogen (secondary N) is 1. The van der Waals surface area contributed by atoms with Gasteiger partial charge in [0.1, 0.15) is 5.82 Å². The second-order valence-corrected chi connectivity index (χ2v) is 7.62. The summed E-state index contributed by atoms with van der Waals surface area (Å²) in [5.74, 6) is -0.186. The monoisotopic (exact) mass is 392 g/mol. The molecule has 1 atom stereocenters. The molecule has 1 aromatic heterocycles. The molecule has 29 heavy (non-hydrogen) atoms. The number of rotatable bonds is 7. The zero-order chi connectivity index (χ0) is 20.2. The largest absolute Gasteiger partial charge is 0.337 e. The number of carbonyl (C=O) groups excluding carboxylic acids is 1. The van der Waals surface area contributed by atoms with Crippen LogP contribution in [0, 0.1) is 12.7 Å². The van der Waals surface area contributed by atoms with Crippen LogP contribution in [0.5, 0.6) is 0 Å². The maximum absolute atomic E-state index is 13.6. The summed E-state index contributed by atoms with van der Waals surface area (Å²) in [4.78, 5) is 18.8. The molecule has 0 aliphatic carbocycles. The number of aromatic nitrogens is 2. The molecule has 2 heterocycles. The lowest BCUT2D eigenvalue weighted by molar-refractivity contribution is -0.129. The minimum Gasteiger partial charge on any atom is -0.337 e. The minimum atomic E-state index is -0.256. The Kier molecular flexibility index (Phi) is 5.71. The van der Waals surface area contributed by atoms with E-state index in [2.05, 4.69) is 27.0 Å². The number of hydrogen-bond acceptors (Lipinski definition) is 3. The van der Waals surface area contributed by atoms with Crippen molar-refractivity contribution in [3.63, 3.8) is 0 Å². The van der Waals surface area contributed by atoms with E-state index in [1.807, 2.05) is 43.7 Å². The molecular formula is C23H25FN4O. The number of hydrogen-bond donors (Lipinski definition) is 1. The van der Waals surface area contributed by atoms with Crippen molar-refractivity contribution in [2.45, 2.75) is 39.0 Å². The summed E-state index contributed by atoms with van der Waals surface area (Å²) < 4.78 is 15.7. The molecule has 6 heteroatoms. The summed E-state index contributed by atoms with van der Waals surface area (Å²) in [5, 5.41) is 3.37. The molecule has 1 N–H and O–H groups in total.